The summed E-state index contributed by atoms with van der Waals surface area (Å²) >= 11 is 0. The maximum atomic E-state index is 5.95. The second kappa shape index (κ2) is 4.60. The predicted molar refractivity (Wildman–Crippen MR) is 78.9 cm³/mol. The summed E-state index contributed by atoms with van der Waals surface area (Å²) in [7, 11) is 1.68. The molecule has 3 rings (SSSR count). The van der Waals surface area contributed by atoms with E-state index in [1.165, 1.54) is 37.2 Å². The number of nitrogens with zero attached hydrogens (tertiary/aromatic N) is 1. The van der Waals surface area contributed by atoms with Crippen LogP contribution in [0, 0.1) is 12.3 Å². The normalized spacial score (nSPS) is 21.3. The fourth-order valence-corrected chi connectivity index (χ4v) is 3.27. The van der Waals surface area contributed by atoms with Crippen LogP contribution >= 0.6 is 0 Å². The summed E-state index contributed by atoms with van der Waals surface area (Å²) in [6, 6.07) is 4.10. The zero-order chi connectivity index (χ0) is 13.5. The fourth-order valence-electron chi connectivity index (χ4n) is 3.27. The first-order chi connectivity index (χ1) is 9.13. The lowest BCUT2D eigenvalue weighted by Crippen LogP contribution is -2.58. The van der Waals surface area contributed by atoms with Crippen LogP contribution < -0.4 is 20.7 Å². The number of piperidine rings is 1. The molecule has 104 valence electrons. The molecule has 1 aromatic rings. The molecule has 0 atom stereocenters. The quantitative estimate of drug-likeness (QED) is 0.797. The molecule has 0 aromatic heterocycles. The average Bonchev–Trinajstić information content (AvgIpc) is 2.37. The van der Waals surface area contributed by atoms with E-state index in [2.05, 4.69) is 23.2 Å². The highest BCUT2D eigenvalue weighted by molar-refractivity contribution is 5.66. The van der Waals surface area contributed by atoms with Gasteiger partial charge in [-0.15, -0.1) is 0 Å². The van der Waals surface area contributed by atoms with Crippen LogP contribution in [-0.4, -0.2) is 33.3 Å². The lowest BCUT2D eigenvalue weighted by Gasteiger charge is -2.49. The number of ether oxygens (including phenoxy) is 1. The van der Waals surface area contributed by atoms with E-state index in [0.29, 0.717) is 5.41 Å². The number of benzene rings is 1. The maximum absolute atomic E-state index is 5.95. The topological polar surface area (TPSA) is 50.5 Å². The van der Waals surface area contributed by atoms with Crippen LogP contribution in [0.1, 0.15) is 18.4 Å². The van der Waals surface area contributed by atoms with E-state index in [1.807, 2.05) is 6.07 Å². The van der Waals surface area contributed by atoms with Crippen molar-refractivity contribution in [3.05, 3.63) is 17.7 Å². The number of nitrogens with one attached hydrogen (secondary N) is 1. The molecule has 1 spiro atoms. The first-order valence-corrected chi connectivity index (χ1v) is 7.03. The first kappa shape index (κ1) is 12.6. The molecular weight excluding hydrogens is 238 g/mol. The first-order valence-electron chi connectivity index (χ1n) is 7.03. The van der Waals surface area contributed by atoms with E-state index in [4.69, 9.17) is 10.5 Å². The summed E-state index contributed by atoms with van der Waals surface area (Å²) < 4.78 is 5.34. The Kier molecular flexibility index (Phi) is 3.05. The largest absolute Gasteiger partial charge is 0.495 e. The van der Waals surface area contributed by atoms with Gasteiger partial charge in [-0.2, -0.15) is 0 Å². The zero-order valence-electron chi connectivity index (χ0n) is 11.8. The molecule has 2 aliphatic rings. The van der Waals surface area contributed by atoms with Gasteiger partial charge in [0.15, 0.2) is 0 Å². The molecule has 4 nitrogen and oxygen atoms in total. The molecule has 2 aliphatic heterocycles. The van der Waals surface area contributed by atoms with Crippen LogP contribution in [0.5, 0.6) is 5.75 Å². The minimum atomic E-state index is 0.586. The third-order valence-electron chi connectivity index (χ3n) is 4.71. The number of nitrogen functional groups attached to an aromatic ring is 1. The number of methoxy groups -OCH3 is 1. The van der Waals surface area contributed by atoms with Crippen LogP contribution in [0.3, 0.4) is 0 Å². The summed E-state index contributed by atoms with van der Waals surface area (Å²) in [6.45, 7) is 6.79. The molecule has 2 heterocycles. The van der Waals surface area contributed by atoms with Crippen LogP contribution in [0.15, 0.2) is 12.1 Å². The highest BCUT2D eigenvalue weighted by Gasteiger charge is 2.39. The molecular formula is C15H23N3O. The van der Waals surface area contributed by atoms with Gasteiger partial charge in [0.05, 0.1) is 12.8 Å². The highest BCUT2D eigenvalue weighted by atomic mass is 16.5. The van der Waals surface area contributed by atoms with Gasteiger partial charge in [0, 0.05) is 37.9 Å². The lowest BCUT2D eigenvalue weighted by molar-refractivity contribution is 0.126. The van der Waals surface area contributed by atoms with E-state index >= 15 is 0 Å². The summed E-state index contributed by atoms with van der Waals surface area (Å²) in [4.78, 5) is 2.47. The number of nitrogens with two attached hydrogens (primary N) is 1. The molecule has 4 heteroatoms. The van der Waals surface area contributed by atoms with E-state index in [9.17, 15) is 0 Å². The van der Waals surface area contributed by atoms with Crippen LogP contribution in [0.2, 0.25) is 0 Å². The lowest BCUT2D eigenvalue weighted by atomic mass is 9.73. The molecule has 1 aromatic carbocycles. The van der Waals surface area contributed by atoms with Gasteiger partial charge in [-0.3, -0.25) is 0 Å². The number of anilines is 2. The Morgan fingerprint density at radius 1 is 1.26 bits per heavy atom. The summed E-state index contributed by atoms with van der Waals surface area (Å²) in [5, 5.41) is 3.41. The van der Waals surface area contributed by atoms with Crippen molar-refractivity contribution in [2.24, 2.45) is 5.41 Å². The molecule has 0 saturated carbocycles. The van der Waals surface area contributed by atoms with Crippen molar-refractivity contribution in [3.63, 3.8) is 0 Å². The van der Waals surface area contributed by atoms with Gasteiger partial charge in [0.1, 0.15) is 5.75 Å². The van der Waals surface area contributed by atoms with Gasteiger partial charge < -0.3 is 20.7 Å². The molecule has 0 aliphatic carbocycles. The molecule has 3 N–H and O–H groups in total. The molecule has 19 heavy (non-hydrogen) atoms. The number of rotatable bonds is 2. The SMILES string of the molecule is COc1cc(N2CCC3(CC2)CNC3)c(C)cc1N. The number of hydrogen-bond acceptors (Lipinski definition) is 4. The minimum Gasteiger partial charge on any atom is -0.495 e. The Morgan fingerprint density at radius 2 is 1.95 bits per heavy atom. The Balaban J connectivity index is 1.79. The van der Waals surface area contributed by atoms with Crippen molar-refractivity contribution in [2.45, 2.75) is 19.8 Å². The van der Waals surface area contributed by atoms with Gasteiger partial charge in [-0.05, 0) is 36.8 Å². The standard InChI is InChI=1S/C15H23N3O/c1-11-7-12(16)14(19-2)8-13(11)18-5-3-15(4-6-18)9-17-10-15/h7-8,17H,3-6,9-10,16H2,1-2H3. The van der Waals surface area contributed by atoms with E-state index < -0.39 is 0 Å². The second-order valence-corrected chi connectivity index (χ2v) is 5.97. The van der Waals surface area contributed by atoms with Crippen molar-refractivity contribution in [2.75, 3.05) is 43.9 Å². The predicted octanol–water partition coefficient (Wildman–Crippen LogP) is 1.78. The van der Waals surface area contributed by atoms with Crippen LogP contribution in [0.25, 0.3) is 0 Å². The smallest absolute Gasteiger partial charge is 0.143 e. The van der Waals surface area contributed by atoms with Crippen molar-refractivity contribution in [3.8, 4) is 5.75 Å². The second-order valence-electron chi connectivity index (χ2n) is 5.97. The van der Waals surface area contributed by atoms with E-state index in [1.54, 1.807) is 7.11 Å². The maximum Gasteiger partial charge on any atom is 0.143 e. The Hall–Kier alpha value is -1.42. The Morgan fingerprint density at radius 3 is 2.47 bits per heavy atom. The van der Waals surface area contributed by atoms with Crippen molar-refractivity contribution in [1.82, 2.24) is 5.32 Å². The average molecular weight is 261 g/mol. The monoisotopic (exact) mass is 261 g/mol. The molecule has 0 bridgehead atoms. The van der Waals surface area contributed by atoms with Gasteiger partial charge in [-0.1, -0.05) is 0 Å². The van der Waals surface area contributed by atoms with Gasteiger partial charge >= 0.3 is 0 Å². The summed E-state index contributed by atoms with van der Waals surface area (Å²) in [5.74, 6) is 0.784. The molecule has 0 radical (unpaired) electrons. The minimum absolute atomic E-state index is 0.586. The molecule has 2 fully saturated rings. The van der Waals surface area contributed by atoms with Gasteiger partial charge in [0.25, 0.3) is 0 Å². The van der Waals surface area contributed by atoms with Crippen molar-refractivity contribution in [1.29, 1.82) is 0 Å². The molecule has 2 saturated heterocycles. The highest BCUT2D eigenvalue weighted by Crippen LogP contribution is 2.39. The van der Waals surface area contributed by atoms with Gasteiger partial charge in [-0.25, -0.2) is 0 Å². The zero-order valence-corrected chi connectivity index (χ0v) is 11.8. The van der Waals surface area contributed by atoms with Crippen LogP contribution in [0.4, 0.5) is 11.4 Å². The van der Waals surface area contributed by atoms with Gasteiger partial charge in [0.2, 0.25) is 0 Å². The number of aryl methyl sites for hydroxylation is 1. The van der Waals surface area contributed by atoms with Crippen LogP contribution in [-0.2, 0) is 0 Å². The summed E-state index contributed by atoms with van der Waals surface area (Å²) in [6.07, 6.45) is 2.57. The fraction of sp³-hybridized carbons (Fsp3) is 0.600. The molecule has 0 amide bonds. The summed E-state index contributed by atoms with van der Waals surface area (Å²) in [5.41, 5.74) is 9.77. The Labute approximate surface area is 114 Å². The van der Waals surface area contributed by atoms with Crippen molar-refractivity contribution >= 4 is 11.4 Å². The number of hydrogen-bond donors (Lipinski definition) is 2. The van der Waals surface area contributed by atoms with Crippen molar-refractivity contribution < 1.29 is 4.74 Å². The Bertz CT molecular complexity index is 473. The van der Waals surface area contributed by atoms with E-state index in [0.717, 1.165) is 24.5 Å². The van der Waals surface area contributed by atoms with E-state index in [-0.39, 0.29) is 0 Å². The molecule has 0 unspecified atom stereocenters. The third-order valence-corrected chi connectivity index (χ3v) is 4.71. The third kappa shape index (κ3) is 2.14.